The standard InChI is InChI=1S/C15H17F2N5O/c1-10(12-4-3-11(16)9-13(12)17)22-15(23)21-8-7-20-14-18-5-2-6-19-14/h2-6,9-10H,7-8H2,1H3,(H,18,19,20)(H2,21,22,23)/t10-/m1/s1. The highest BCUT2D eigenvalue weighted by Gasteiger charge is 2.13. The van der Waals surface area contributed by atoms with Gasteiger partial charge in [0.2, 0.25) is 5.95 Å². The summed E-state index contributed by atoms with van der Waals surface area (Å²) in [6.45, 7) is 2.39. The van der Waals surface area contributed by atoms with Gasteiger partial charge in [0.25, 0.3) is 0 Å². The second-order valence-corrected chi connectivity index (χ2v) is 4.79. The number of amides is 2. The molecule has 122 valence electrons. The van der Waals surface area contributed by atoms with Crippen LogP contribution in [0, 0.1) is 11.6 Å². The van der Waals surface area contributed by atoms with Crippen LogP contribution >= 0.6 is 0 Å². The van der Waals surface area contributed by atoms with E-state index in [1.54, 1.807) is 25.4 Å². The van der Waals surface area contributed by atoms with E-state index >= 15 is 0 Å². The van der Waals surface area contributed by atoms with E-state index in [0.29, 0.717) is 19.0 Å². The Balaban J connectivity index is 1.74. The molecule has 1 aromatic heterocycles. The van der Waals surface area contributed by atoms with Gasteiger partial charge in [-0.2, -0.15) is 0 Å². The van der Waals surface area contributed by atoms with Gasteiger partial charge < -0.3 is 16.0 Å². The number of aromatic nitrogens is 2. The van der Waals surface area contributed by atoms with Crippen molar-refractivity contribution >= 4 is 12.0 Å². The van der Waals surface area contributed by atoms with E-state index in [9.17, 15) is 13.6 Å². The summed E-state index contributed by atoms with van der Waals surface area (Å²) in [7, 11) is 0. The molecule has 8 heteroatoms. The Labute approximate surface area is 132 Å². The summed E-state index contributed by atoms with van der Waals surface area (Å²) in [5.74, 6) is -0.880. The molecule has 2 aromatic rings. The van der Waals surface area contributed by atoms with Crippen molar-refractivity contribution in [3.63, 3.8) is 0 Å². The molecule has 1 aromatic carbocycles. The fourth-order valence-electron chi connectivity index (χ4n) is 1.92. The first-order valence-electron chi connectivity index (χ1n) is 7.06. The van der Waals surface area contributed by atoms with Crippen molar-refractivity contribution in [2.75, 3.05) is 18.4 Å². The van der Waals surface area contributed by atoms with E-state index in [1.165, 1.54) is 6.07 Å². The lowest BCUT2D eigenvalue weighted by molar-refractivity contribution is 0.238. The molecule has 1 atom stereocenters. The van der Waals surface area contributed by atoms with Crippen LogP contribution in [0.2, 0.25) is 0 Å². The smallest absolute Gasteiger partial charge is 0.315 e. The largest absolute Gasteiger partial charge is 0.352 e. The molecule has 2 amide bonds. The van der Waals surface area contributed by atoms with Gasteiger partial charge in [-0.15, -0.1) is 0 Å². The number of carbonyl (C=O) groups is 1. The number of hydrogen-bond acceptors (Lipinski definition) is 4. The normalized spacial score (nSPS) is 11.6. The van der Waals surface area contributed by atoms with Crippen molar-refractivity contribution in [3.8, 4) is 0 Å². The Bertz CT molecular complexity index is 654. The predicted octanol–water partition coefficient (Wildman–Crippen LogP) is 2.23. The molecule has 0 spiro atoms. The molecule has 0 aliphatic rings. The quantitative estimate of drug-likeness (QED) is 0.713. The maximum absolute atomic E-state index is 13.6. The molecular formula is C15H17F2N5O. The number of anilines is 1. The number of halogens is 2. The molecule has 0 aliphatic carbocycles. The van der Waals surface area contributed by atoms with E-state index < -0.39 is 23.7 Å². The molecule has 0 bridgehead atoms. The summed E-state index contributed by atoms with van der Waals surface area (Å²) in [5, 5.41) is 8.14. The summed E-state index contributed by atoms with van der Waals surface area (Å²) in [5.41, 5.74) is 0.220. The van der Waals surface area contributed by atoms with Crippen LogP contribution in [-0.4, -0.2) is 29.1 Å². The minimum absolute atomic E-state index is 0.220. The number of nitrogens with one attached hydrogen (secondary N) is 3. The van der Waals surface area contributed by atoms with Gasteiger partial charge in [0.15, 0.2) is 0 Å². The van der Waals surface area contributed by atoms with Crippen LogP contribution in [0.4, 0.5) is 19.5 Å². The fraction of sp³-hybridized carbons (Fsp3) is 0.267. The molecule has 0 fully saturated rings. The summed E-state index contributed by atoms with van der Waals surface area (Å²) in [6.07, 6.45) is 3.21. The molecule has 0 radical (unpaired) electrons. The van der Waals surface area contributed by atoms with Gasteiger partial charge in [0.05, 0.1) is 6.04 Å². The fourth-order valence-corrected chi connectivity index (χ4v) is 1.92. The van der Waals surface area contributed by atoms with Gasteiger partial charge in [-0.1, -0.05) is 6.07 Å². The number of rotatable bonds is 6. The Morgan fingerprint density at radius 2 is 1.96 bits per heavy atom. The average molecular weight is 321 g/mol. The number of urea groups is 1. The first kappa shape index (κ1) is 16.6. The summed E-state index contributed by atoms with van der Waals surface area (Å²) in [4.78, 5) is 19.7. The second-order valence-electron chi connectivity index (χ2n) is 4.79. The molecule has 0 saturated heterocycles. The van der Waals surface area contributed by atoms with Crippen LogP contribution in [0.5, 0.6) is 0 Å². The molecule has 3 N–H and O–H groups in total. The van der Waals surface area contributed by atoms with Crippen molar-refractivity contribution in [3.05, 3.63) is 53.9 Å². The monoisotopic (exact) mass is 321 g/mol. The van der Waals surface area contributed by atoms with Crippen molar-refractivity contribution in [2.24, 2.45) is 0 Å². The lowest BCUT2D eigenvalue weighted by Crippen LogP contribution is -2.39. The van der Waals surface area contributed by atoms with Crippen LogP contribution in [0.15, 0.2) is 36.7 Å². The summed E-state index contributed by atoms with van der Waals surface area (Å²) >= 11 is 0. The van der Waals surface area contributed by atoms with E-state index in [-0.39, 0.29) is 5.56 Å². The van der Waals surface area contributed by atoms with Crippen LogP contribution in [0.3, 0.4) is 0 Å². The van der Waals surface area contributed by atoms with Crippen molar-refractivity contribution < 1.29 is 13.6 Å². The molecule has 0 aliphatic heterocycles. The third kappa shape index (κ3) is 5.17. The van der Waals surface area contributed by atoms with Crippen LogP contribution in [-0.2, 0) is 0 Å². The van der Waals surface area contributed by atoms with Crippen LogP contribution in [0.25, 0.3) is 0 Å². The molecule has 0 saturated carbocycles. The van der Waals surface area contributed by atoms with E-state index in [0.717, 1.165) is 12.1 Å². The third-order valence-electron chi connectivity index (χ3n) is 3.04. The summed E-state index contributed by atoms with van der Waals surface area (Å²) < 4.78 is 26.5. The van der Waals surface area contributed by atoms with E-state index in [4.69, 9.17) is 0 Å². The number of nitrogens with zero attached hydrogens (tertiary/aromatic N) is 2. The zero-order chi connectivity index (χ0) is 16.7. The highest BCUT2D eigenvalue weighted by atomic mass is 19.1. The number of carbonyl (C=O) groups excluding carboxylic acids is 1. The van der Waals surface area contributed by atoms with Crippen molar-refractivity contribution in [1.29, 1.82) is 0 Å². The Morgan fingerprint density at radius 3 is 2.65 bits per heavy atom. The molecule has 0 unspecified atom stereocenters. The van der Waals surface area contributed by atoms with Crippen molar-refractivity contribution in [2.45, 2.75) is 13.0 Å². The van der Waals surface area contributed by atoms with Crippen LogP contribution in [0.1, 0.15) is 18.5 Å². The Morgan fingerprint density at radius 1 is 1.22 bits per heavy atom. The van der Waals surface area contributed by atoms with E-state index in [2.05, 4.69) is 25.9 Å². The zero-order valence-electron chi connectivity index (χ0n) is 12.5. The minimum atomic E-state index is -0.694. The lowest BCUT2D eigenvalue weighted by atomic mass is 10.1. The van der Waals surface area contributed by atoms with Gasteiger partial charge >= 0.3 is 6.03 Å². The predicted molar refractivity (Wildman–Crippen MR) is 81.8 cm³/mol. The molecule has 2 rings (SSSR count). The topological polar surface area (TPSA) is 78.9 Å². The van der Waals surface area contributed by atoms with Gasteiger partial charge in [-0.25, -0.2) is 23.5 Å². The third-order valence-corrected chi connectivity index (χ3v) is 3.04. The minimum Gasteiger partial charge on any atom is -0.352 e. The van der Waals surface area contributed by atoms with Gasteiger partial charge in [0.1, 0.15) is 11.6 Å². The number of hydrogen-bond donors (Lipinski definition) is 3. The maximum Gasteiger partial charge on any atom is 0.315 e. The lowest BCUT2D eigenvalue weighted by Gasteiger charge is -2.16. The Hall–Kier alpha value is -2.77. The molecule has 6 nitrogen and oxygen atoms in total. The highest BCUT2D eigenvalue weighted by Crippen LogP contribution is 2.17. The highest BCUT2D eigenvalue weighted by molar-refractivity contribution is 5.74. The number of benzene rings is 1. The van der Waals surface area contributed by atoms with Crippen LogP contribution < -0.4 is 16.0 Å². The first-order valence-corrected chi connectivity index (χ1v) is 7.06. The van der Waals surface area contributed by atoms with E-state index in [1.807, 2.05) is 0 Å². The van der Waals surface area contributed by atoms with Gasteiger partial charge in [0, 0.05) is 37.1 Å². The summed E-state index contributed by atoms with van der Waals surface area (Å²) in [6, 6.07) is 3.92. The molecular weight excluding hydrogens is 304 g/mol. The van der Waals surface area contributed by atoms with Gasteiger partial charge in [-0.3, -0.25) is 0 Å². The molecule has 1 heterocycles. The first-order chi connectivity index (χ1) is 11.1. The zero-order valence-corrected chi connectivity index (χ0v) is 12.5. The Kier molecular flexibility index (Phi) is 5.79. The van der Waals surface area contributed by atoms with Crippen molar-refractivity contribution in [1.82, 2.24) is 20.6 Å². The average Bonchev–Trinajstić information content (AvgIpc) is 2.52. The second kappa shape index (κ2) is 8.02. The molecule has 23 heavy (non-hydrogen) atoms. The van der Waals surface area contributed by atoms with Gasteiger partial charge in [-0.05, 0) is 19.1 Å². The SMILES string of the molecule is C[C@@H](NC(=O)NCCNc1ncccn1)c1ccc(F)cc1F. The maximum atomic E-state index is 13.6.